The zero-order chi connectivity index (χ0) is 29.0. The smallest absolute Gasteiger partial charge is 0.478 e. The van der Waals surface area contributed by atoms with Gasteiger partial charge in [0.05, 0.1) is 16.6 Å². The number of rotatable bonds is 9. The number of benzene rings is 2. The summed E-state index contributed by atoms with van der Waals surface area (Å²) in [5.41, 5.74) is 3.17. The number of imidazole rings is 1. The second-order valence-electron chi connectivity index (χ2n) is 11.5. The molecule has 2 aromatic carbocycles. The molecule has 3 aliphatic rings. The summed E-state index contributed by atoms with van der Waals surface area (Å²) in [7, 11) is 0. The minimum absolute atomic E-state index is 0.228. The number of aromatic carboxylic acids is 1. The van der Waals surface area contributed by atoms with Gasteiger partial charge in [-0.2, -0.15) is 0 Å². The average Bonchev–Trinajstić information content (AvgIpc) is 3.51. The van der Waals surface area contributed by atoms with Crippen molar-refractivity contribution in [2.24, 2.45) is 11.8 Å². The van der Waals surface area contributed by atoms with Gasteiger partial charge in [0.2, 0.25) is 0 Å². The molecule has 0 amide bonds. The maximum Gasteiger partial charge on any atom is 0.573 e. The Kier molecular flexibility index (Phi) is 6.92. The summed E-state index contributed by atoms with van der Waals surface area (Å²) in [6, 6.07) is 11.3. The normalized spacial score (nSPS) is 23.9. The predicted molar refractivity (Wildman–Crippen MR) is 149 cm³/mol. The highest BCUT2D eigenvalue weighted by Crippen LogP contribution is 2.50. The first-order valence-electron chi connectivity index (χ1n) is 14.2. The SMILES string of the molecule is O=C(O)c1ccc2nc(SC3C4CCC3CC(NCc3c(-c5ccccc5OC(F)(F)F)noc3C3CC3)C4)[nH]c2c1. The van der Waals surface area contributed by atoms with Crippen molar-refractivity contribution in [2.45, 2.75) is 73.8 Å². The lowest BCUT2D eigenvalue weighted by molar-refractivity contribution is -0.274. The van der Waals surface area contributed by atoms with Crippen LogP contribution in [0.1, 0.15) is 66.1 Å². The minimum Gasteiger partial charge on any atom is -0.478 e. The van der Waals surface area contributed by atoms with Crippen molar-refractivity contribution in [2.75, 3.05) is 0 Å². The van der Waals surface area contributed by atoms with Crippen LogP contribution in [-0.4, -0.2) is 43.9 Å². The summed E-state index contributed by atoms with van der Waals surface area (Å²) < 4.78 is 49.4. The fourth-order valence-corrected chi connectivity index (χ4v) is 8.09. The van der Waals surface area contributed by atoms with Crippen molar-refractivity contribution in [1.82, 2.24) is 20.4 Å². The molecule has 2 heterocycles. The van der Waals surface area contributed by atoms with E-state index < -0.39 is 12.3 Å². The Hall–Kier alpha value is -3.51. The van der Waals surface area contributed by atoms with Crippen LogP contribution in [0.25, 0.3) is 22.3 Å². The molecule has 2 unspecified atom stereocenters. The first-order chi connectivity index (χ1) is 20.2. The lowest BCUT2D eigenvalue weighted by Gasteiger charge is -2.35. The Morgan fingerprint density at radius 3 is 2.60 bits per heavy atom. The van der Waals surface area contributed by atoms with Crippen LogP contribution in [0.3, 0.4) is 0 Å². The van der Waals surface area contributed by atoms with E-state index in [1.165, 1.54) is 12.1 Å². The van der Waals surface area contributed by atoms with E-state index in [-0.39, 0.29) is 28.8 Å². The van der Waals surface area contributed by atoms with E-state index in [0.717, 1.165) is 66.0 Å². The molecule has 3 aliphatic carbocycles. The second-order valence-corrected chi connectivity index (χ2v) is 12.7. The van der Waals surface area contributed by atoms with Gasteiger partial charge in [-0.25, -0.2) is 9.78 Å². The van der Waals surface area contributed by atoms with Crippen LogP contribution in [0.5, 0.6) is 5.75 Å². The second kappa shape index (κ2) is 10.6. The van der Waals surface area contributed by atoms with E-state index in [1.807, 2.05) is 0 Å². The monoisotopic (exact) mass is 598 g/mol. The predicted octanol–water partition coefficient (Wildman–Crippen LogP) is 7.13. The van der Waals surface area contributed by atoms with Gasteiger partial charge in [-0.1, -0.05) is 29.1 Å². The molecule has 2 aromatic heterocycles. The number of halogens is 3. The lowest BCUT2D eigenvalue weighted by Crippen LogP contribution is -2.39. The third-order valence-electron chi connectivity index (χ3n) is 8.67. The highest BCUT2D eigenvalue weighted by atomic mass is 32.2. The molecule has 3 N–H and O–H groups in total. The van der Waals surface area contributed by atoms with Crippen molar-refractivity contribution in [3.8, 4) is 17.0 Å². The number of aromatic amines is 1. The number of hydrogen-bond acceptors (Lipinski definition) is 7. The van der Waals surface area contributed by atoms with Crippen LogP contribution in [0.4, 0.5) is 13.2 Å². The van der Waals surface area contributed by atoms with Crippen molar-refractivity contribution in [3.63, 3.8) is 0 Å². The van der Waals surface area contributed by atoms with Gasteiger partial charge in [0.25, 0.3) is 0 Å². The Balaban J connectivity index is 1.05. The molecule has 0 radical (unpaired) electrons. The van der Waals surface area contributed by atoms with Gasteiger partial charge < -0.3 is 24.7 Å². The maximum atomic E-state index is 13.1. The highest BCUT2D eigenvalue weighted by Gasteiger charge is 2.44. The van der Waals surface area contributed by atoms with E-state index in [0.29, 0.717) is 29.3 Å². The molecule has 42 heavy (non-hydrogen) atoms. The molecule has 3 fully saturated rings. The van der Waals surface area contributed by atoms with Crippen LogP contribution in [0.2, 0.25) is 0 Å². The Morgan fingerprint density at radius 1 is 1.12 bits per heavy atom. The van der Waals surface area contributed by atoms with E-state index >= 15 is 0 Å². The number of carboxylic acid groups (broad SMARTS) is 1. The molecule has 3 saturated carbocycles. The summed E-state index contributed by atoms with van der Waals surface area (Å²) in [4.78, 5) is 19.3. The first kappa shape index (κ1) is 27.3. The fraction of sp³-hybridized carbons (Fsp3) is 0.433. The number of H-pyrrole nitrogens is 1. The van der Waals surface area contributed by atoms with Gasteiger partial charge in [0, 0.05) is 34.9 Å². The van der Waals surface area contributed by atoms with Crippen molar-refractivity contribution >= 4 is 28.8 Å². The quantitative estimate of drug-likeness (QED) is 0.187. The summed E-state index contributed by atoms with van der Waals surface area (Å²) in [6.45, 7) is 0.461. The number of carbonyl (C=O) groups is 1. The van der Waals surface area contributed by atoms with Crippen LogP contribution in [0.15, 0.2) is 52.1 Å². The topological polar surface area (TPSA) is 113 Å². The number of alkyl halides is 3. The third kappa shape index (κ3) is 5.49. The Bertz CT molecular complexity index is 1620. The van der Waals surface area contributed by atoms with Gasteiger partial charge >= 0.3 is 12.3 Å². The van der Waals surface area contributed by atoms with E-state index in [9.17, 15) is 23.1 Å². The number of fused-ring (bicyclic) bond motifs is 3. The number of thioether (sulfide) groups is 1. The maximum absolute atomic E-state index is 13.1. The van der Waals surface area contributed by atoms with Crippen LogP contribution in [-0.2, 0) is 6.54 Å². The molecule has 8 nitrogen and oxygen atoms in total. The lowest BCUT2D eigenvalue weighted by atomic mass is 9.84. The number of carboxylic acids is 1. The average molecular weight is 599 g/mol. The molecule has 12 heteroatoms. The summed E-state index contributed by atoms with van der Waals surface area (Å²) in [5.74, 6) is 0.743. The van der Waals surface area contributed by atoms with Crippen molar-refractivity contribution < 1.29 is 32.3 Å². The van der Waals surface area contributed by atoms with E-state index in [2.05, 4.69) is 20.2 Å². The standard InChI is InChI=1S/C30H29F3N4O4S/c31-30(32,33)40-24-4-2-1-3-20(24)25-21(26(41-37-25)15-5-6-15)14-34-19-11-16-7-8-17(12-19)27(16)42-29-35-22-10-9-18(28(38)39)13-23(22)36-29/h1-4,9-10,13,15-17,19,27,34H,5-8,11-12,14H2,(H,35,36)(H,38,39). The van der Waals surface area contributed by atoms with E-state index in [1.54, 1.807) is 42.1 Å². The minimum atomic E-state index is -4.81. The number of nitrogens with zero attached hydrogens (tertiary/aromatic N) is 2. The van der Waals surface area contributed by atoms with Gasteiger partial charge in [0.15, 0.2) is 5.16 Å². The third-order valence-corrected chi connectivity index (χ3v) is 10.1. The van der Waals surface area contributed by atoms with Gasteiger partial charge in [-0.05, 0) is 80.7 Å². The van der Waals surface area contributed by atoms with Crippen molar-refractivity contribution in [3.05, 3.63) is 59.4 Å². The first-order valence-corrected chi connectivity index (χ1v) is 15.1. The van der Waals surface area contributed by atoms with Crippen LogP contribution < -0.4 is 10.1 Å². The Morgan fingerprint density at radius 2 is 1.88 bits per heavy atom. The largest absolute Gasteiger partial charge is 0.573 e. The molecule has 4 aromatic rings. The summed E-state index contributed by atoms with van der Waals surface area (Å²) in [5, 5.41) is 18.4. The molecule has 220 valence electrons. The molecule has 2 atom stereocenters. The number of hydrogen-bond donors (Lipinski definition) is 3. The molecular formula is C30H29F3N4O4S. The molecule has 7 rings (SSSR count). The zero-order valence-electron chi connectivity index (χ0n) is 22.5. The highest BCUT2D eigenvalue weighted by molar-refractivity contribution is 7.99. The number of aromatic nitrogens is 3. The van der Waals surface area contributed by atoms with Gasteiger partial charge in [0.1, 0.15) is 17.2 Å². The van der Waals surface area contributed by atoms with Gasteiger partial charge in [-0.3, -0.25) is 0 Å². The molecular weight excluding hydrogens is 569 g/mol. The van der Waals surface area contributed by atoms with Crippen LogP contribution in [0, 0.1) is 11.8 Å². The molecule has 2 bridgehead atoms. The fourth-order valence-electron chi connectivity index (χ4n) is 6.63. The molecule has 0 spiro atoms. The number of ether oxygens (including phenoxy) is 1. The van der Waals surface area contributed by atoms with Crippen molar-refractivity contribution in [1.29, 1.82) is 0 Å². The zero-order valence-corrected chi connectivity index (χ0v) is 23.3. The Labute approximate surface area is 243 Å². The summed E-state index contributed by atoms with van der Waals surface area (Å²) >= 11 is 1.75. The molecule has 0 aliphatic heterocycles. The van der Waals surface area contributed by atoms with E-state index in [4.69, 9.17) is 9.51 Å². The van der Waals surface area contributed by atoms with Gasteiger partial charge in [-0.15, -0.1) is 13.2 Å². The molecule has 0 saturated heterocycles. The van der Waals surface area contributed by atoms with Crippen LogP contribution >= 0.6 is 11.8 Å². The summed E-state index contributed by atoms with van der Waals surface area (Å²) in [6.07, 6.45) is 1.41. The number of para-hydroxylation sites is 1. The number of nitrogens with one attached hydrogen (secondary N) is 2.